The Hall–Kier alpha value is 0.440. The van der Waals surface area contributed by atoms with Crippen molar-refractivity contribution in [2.75, 3.05) is 13.1 Å². The summed E-state index contributed by atoms with van der Waals surface area (Å²) < 4.78 is 0. The number of hydrogen-bond acceptors (Lipinski definition) is 0. The number of hydrogen-bond donors (Lipinski definition) is 1. The fraction of sp³-hybridized carbons (Fsp3) is 1.00. The largest absolute Gasteiger partial charge is 1.00 e. The predicted molar refractivity (Wildman–Crippen MR) is 36.9 cm³/mol. The van der Waals surface area contributed by atoms with Crippen molar-refractivity contribution in [3.8, 4) is 0 Å². The summed E-state index contributed by atoms with van der Waals surface area (Å²) in [7, 11) is 0. The summed E-state index contributed by atoms with van der Waals surface area (Å²) in [4.78, 5) is 0. The molecule has 0 aliphatic carbocycles. The van der Waals surface area contributed by atoms with Gasteiger partial charge < -0.3 is 22.3 Å². The van der Waals surface area contributed by atoms with Crippen molar-refractivity contribution in [2.24, 2.45) is 0 Å². The van der Waals surface area contributed by atoms with Gasteiger partial charge in [0.25, 0.3) is 0 Å². The molecular formula is C7H18BrN. The van der Waals surface area contributed by atoms with E-state index in [1.807, 2.05) is 0 Å². The third-order valence-corrected chi connectivity index (χ3v) is 1.25. The molecular weight excluding hydrogens is 178 g/mol. The van der Waals surface area contributed by atoms with Gasteiger partial charge in [-0.2, -0.15) is 0 Å². The van der Waals surface area contributed by atoms with Gasteiger partial charge in [0.1, 0.15) is 0 Å². The van der Waals surface area contributed by atoms with E-state index in [2.05, 4.69) is 19.2 Å². The van der Waals surface area contributed by atoms with Crippen LogP contribution >= 0.6 is 0 Å². The molecule has 2 N–H and O–H groups in total. The molecule has 0 unspecified atom stereocenters. The molecule has 0 aromatic rings. The molecule has 0 aromatic heterocycles. The molecule has 0 fully saturated rings. The van der Waals surface area contributed by atoms with E-state index in [1.165, 1.54) is 32.4 Å². The second-order valence-electron chi connectivity index (χ2n) is 2.22. The molecule has 0 saturated heterocycles. The van der Waals surface area contributed by atoms with Crippen LogP contribution in [-0.4, -0.2) is 13.1 Å². The molecule has 0 radical (unpaired) electrons. The number of quaternary nitrogens is 1. The fourth-order valence-corrected chi connectivity index (χ4v) is 0.697. The third kappa shape index (κ3) is 11.8. The number of rotatable bonds is 5. The molecule has 0 heterocycles. The first-order valence-electron chi connectivity index (χ1n) is 3.73. The van der Waals surface area contributed by atoms with Gasteiger partial charge in [0.2, 0.25) is 0 Å². The van der Waals surface area contributed by atoms with E-state index in [4.69, 9.17) is 0 Å². The maximum absolute atomic E-state index is 2.39. The van der Waals surface area contributed by atoms with Crippen LogP contribution in [-0.2, 0) is 0 Å². The Morgan fingerprint density at radius 3 is 2.11 bits per heavy atom. The van der Waals surface area contributed by atoms with Crippen LogP contribution in [0.15, 0.2) is 0 Å². The summed E-state index contributed by atoms with van der Waals surface area (Å²) in [6, 6.07) is 0. The molecule has 0 aliphatic rings. The maximum Gasteiger partial charge on any atom is 0.0755 e. The lowest BCUT2D eigenvalue weighted by Crippen LogP contribution is -3.00. The van der Waals surface area contributed by atoms with Crippen molar-refractivity contribution in [1.29, 1.82) is 0 Å². The SMILES string of the molecule is CCCC[NH2+]CCC.[Br-]. The Labute approximate surface area is 69.0 Å². The number of nitrogens with two attached hydrogens (primary N) is 1. The summed E-state index contributed by atoms with van der Waals surface area (Å²) in [5.74, 6) is 0. The second kappa shape index (κ2) is 11.3. The van der Waals surface area contributed by atoms with Crippen LogP contribution in [0.1, 0.15) is 33.1 Å². The summed E-state index contributed by atoms with van der Waals surface area (Å²) in [5.41, 5.74) is 0. The highest BCUT2D eigenvalue weighted by Crippen LogP contribution is 1.77. The molecule has 0 spiro atoms. The zero-order valence-corrected chi connectivity index (χ0v) is 8.08. The summed E-state index contributed by atoms with van der Waals surface area (Å²) in [5, 5.41) is 2.39. The Bertz CT molecular complexity index is 33.9. The van der Waals surface area contributed by atoms with Crippen LogP contribution in [0.25, 0.3) is 0 Å². The summed E-state index contributed by atoms with van der Waals surface area (Å²) >= 11 is 0. The molecule has 0 saturated carbocycles. The van der Waals surface area contributed by atoms with Gasteiger partial charge in [0, 0.05) is 0 Å². The minimum atomic E-state index is 0. The van der Waals surface area contributed by atoms with E-state index in [0.29, 0.717) is 0 Å². The molecule has 0 atom stereocenters. The minimum Gasteiger partial charge on any atom is -1.00 e. The second-order valence-corrected chi connectivity index (χ2v) is 2.22. The molecule has 1 nitrogen and oxygen atoms in total. The first kappa shape index (κ1) is 12.1. The van der Waals surface area contributed by atoms with Crippen LogP contribution in [0.4, 0.5) is 0 Å². The van der Waals surface area contributed by atoms with Crippen molar-refractivity contribution in [3.05, 3.63) is 0 Å². The highest BCUT2D eigenvalue weighted by atomic mass is 79.9. The zero-order chi connectivity index (χ0) is 6.24. The van der Waals surface area contributed by atoms with E-state index in [-0.39, 0.29) is 17.0 Å². The average Bonchev–Trinajstić information content (AvgIpc) is 1.81. The monoisotopic (exact) mass is 195 g/mol. The Kier molecular flexibility index (Phi) is 15.2. The minimum absolute atomic E-state index is 0. The Morgan fingerprint density at radius 2 is 1.67 bits per heavy atom. The Morgan fingerprint density at radius 1 is 1.00 bits per heavy atom. The quantitative estimate of drug-likeness (QED) is 0.479. The van der Waals surface area contributed by atoms with Crippen LogP contribution < -0.4 is 22.3 Å². The standard InChI is InChI=1S/C7H17N.BrH/c1-3-5-7-8-6-4-2;/h8H,3-7H2,1-2H3;1H. The zero-order valence-electron chi connectivity index (χ0n) is 6.49. The van der Waals surface area contributed by atoms with Crippen LogP contribution in [0.3, 0.4) is 0 Å². The van der Waals surface area contributed by atoms with Gasteiger partial charge in [-0.3, -0.25) is 0 Å². The fourth-order valence-electron chi connectivity index (χ4n) is 0.697. The van der Waals surface area contributed by atoms with E-state index in [1.54, 1.807) is 0 Å². The van der Waals surface area contributed by atoms with Crippen LogP contribution in [0.5, 0.6) is 0 Å². The number of halogens is 1. The van der Waals surface area contributed by atoms with Gasteiger partial charge >= 0.3 is 0 Å². The molecule has 0 aliphatic heterocycles. The van der Waals surface area contributed by atoms with E-state index < -0.39 is 0 Å². The number of unbranched alkanes of at least 4 members (excludes halogenated alkanes) is 1. The molecule has 58 valence electrons. The van der Waals surface area contributed by atoms with Gasteiger partial charge in [-0.25, -0.2) is 0 Å². The van der Waals surface area contributed by atoms with Crippen molar-refractivity contribution in [2.45, 2.75) is 33.1 Å². The summed E-state index contributed by atoms with van der Waals surface area (Å²) in [6.45, 7) is 7.09. The topological polar surface area (TPSA) is 16.6 Å². The van der Waals surface area contributed by atoms with Crippen molar-refractivity contribution in [1.82, 2.24) is 0 Å². The molecule has 0 aromatic carbocycles. The highest BCUT2D eigenvalue weighted by Gasteiger charge is 1.84. The smallest absolute Gasteiger partial charge is 0.0755 e. The maximum atomic E-state index is 2.39. The van der Waals surface area contributed by atoms with E-state index in [0.717, 1.165) is 0 Å². The normalized spacial score (nSPS) is 8.67. The third-order valence-electron chi connectivity index (χ3n) is 1.25. The van der Waals surface area contributed by atoms with E-state index in [9.17, 15) is 0 Å². The van der Waals surface area contributed by atoms with Crippen molar-refractivity contribution < 1.29 is 22.3 Å². The van der Waals surface area contributed by atoms with E-state index >= 15 is 0 Å². The highest BCUT2D eigenvalue weighted by molar-refractivity contribution is 4.25. The molecule has 0 rings (SSSR count). The van der Waals surface area contributed by atoms with Gasteiger partial charge in [-0.15, -0.1) is 0 Å². The molecule has 0 bridgehead atoms. The first-order chi connectivity index (χ1) is 3.91. The lowest BCUT2D eigenvalue weighted by atomic mass is 10.3. The predicted octanol–water partition coefficient (Wildman–Crippen LogP) is -2.24. The van der Waals surface area contributed by atoms with Crippen LogP contribution in [0.2, 0.25) is 0 Å². The molecule has 2 heteroatoms. The molecule has 9 heavy (non-hydrogen) atoms. The van der Waals surface area contributed by atoms with Crippen molar-refractivity contribution in [3.63, 3.8) is 0 Å². The van der Waals surface area contributed by atoms with Gasteiger partial charge in [0.05, 0.1) is 13.1 Å². The first-order valence-corrected chi connectivity index (χ1v) is 3.73. The van der Waals surface area contributed by atoms with Gasteiger partial charge in [-0.1, -0.05) is 20.3 Å². The molecule has 0 amide bonds. The van der Waals surface area contributed by atoms with Crippen LogP contribution in [0, 0.1) is 0 Å². The van der Waals surface area contributed by atoms with Gasteiger partial charge in [-0.05, 0) is 12.8 Å². The lowest BCUT2D eigenvalue weighted by Gasteiger charge is -1.95. The Balaban J connectivity index is 0. The summed E-state index contributed by atoms with van der Waals surface area (Å²) in [6.07, 6.45) is 4.02. The lowest BCUT2D eigenvalue weighted by molar-refractivity contribution is -0.655. The van der Waals surface area contributed by atoms with Crippen molar-refractivity contribution >= 4 is 0 Å². The average molecular weight is 196 g/mol. The van der Waals surface area contributed by atoms with Gasteiger partial charge in [0.15, 0.2) is 0 Å².